The smallest absolute Gasteiger partial charge is 0.339 e. The summed E-state index contributed by atoms with van der Waals surface area (Å²) in [5.74, 6) is -4.50. The van der Waals surface area contributed by atoms with Crippen molar-refractivity contribution in [2.75, 3.05) is 24.7 Å². The molecule has 3 rings (SSSR count). The lowest BCUT2D eigenvalue weighted by Crippen LogP contribution is -2.30. The molecule has 1 aliphatic rings. The van der Waals surface area contributed by atoms with Crippen molar-refractivity contribution < 1.29 is 38.2 Å². The molecule has 0 N–H and O–H groups in total. The number of amides is 2. The minimum absolute atomic E-state index is 0.0185. The van der Waals surface area contributed by atoms with Crippen LogP contribution in [-0.2, 0) is 14.2 Å². The average molecular weight is 453 g/mol. The van der Waals surface area contributed by atoms with Crippen LogP contribution in [0.15, 0.2) is 30.3 Å². The topological polar surface area (TPSA) is 116 Å². The predicted molar refractivity (Wildman–Crippen MR) is 117 cm³/mol. The maximum atomic E-state index is 13.5. The van der Waals surface area contributed by atoms with Crippen molar-refractivity contribution in [1.82, 2.24) is 0 Å². The maximum Gasteiger partial charge on any atom is 0.339 e. The van der Waals surface area contributed by atoms with Crippen molar-refractivity contribution in [3.05, 3.63) is 63.7 Å². The SMILES string of the molecule is CCOC(=O)c1c(C)c2c(c(C(=O)OCC)c1C(=O)OCC)C(=O)N(c1ccccc1)C2=O. The first kappa shape index (κ1) is 23.6. The Morgan fingerprint density at radius 1 is 0.697 bits per heavy atom. The van der Waals surface area contributed by atoms with Crippen LogP contribution in [0.2, 0.25) is 0 Å². The minimum atomic E-state index is -1.03. The Bertz CT molecular complexity index is 1150. The van der Waals surface area contributed by atoms with Gasteiger partial charge in [0.25, 0.3) is 11.8 Å². The minimum Gasteiger partial charge on any atom is -0.462 e. The van der Waals surface area contributed by atoms with Gasteiger partial charge in [0.2, 0.25) is 0 Å². The quantitative estimate of drug-likeness (QED) is 0.356. The Kier molecular flexibility index (Phi) is 6.91. The van der Waals surface area contributed by atoms with Crippen molar-refractivity contribution in [2.24, 2.45) is 0 Å². The Hall–Kier alpha value is -4.01. The van der Waals surface area contributed by atoms with Gasteiger partial charge >= 0.3 is 17.9 Å². The summed E-state index contributed by atoms with van der Waals surface area (Å²) in [5, 5.41) is 0. The second-order valence-corrected chi connectivity index (χ2v) is 6.94. The fourth-order valence-corrected chi connectivity index (χ4v) is 3.76. The van der Waals surface area contributed by atoms with Gasteiger partial charge in [0.1, 0.15) is 0 Å². The number of ether oxygens (including phenoxy) is 3. The van der Waals surface area contributed by atoms with E-state index in [1.807, 2.05) is 0 Å². The number of nitrogens with zero attached hydrogens (tertiary/aromatic N) is 1. The van der Waals surface area contributed by atoms with Crippen LogP contribution < -0.4 is 4.90 Å². The summed E-state index contributed by atoms with van der Waals surface area (Å²) in [6.07, 6.45) is 0. The molecule has 9 heteroatoms. The number of carbonyl (C=O) groups excluding carboxylic acids is 5. The van der Waals surface area contributed by atoms with Gasteiger partial charge in [0.15, 0.2) is 0 Å². The molecule has 0 bridgehead atoms. The molecule has 0 radical (unpaired) electrons. The lowest BCUT2D eigenvalue weighted by atomic mass is 9.87. The zero-order valence-corrected chi connectivity index (χ0v) is 18.7. The Morgan fingerprint density at radius 3 is 1.67 bits per heavy atom. The molecule has 9 nitrogen and oxygen atoms in total. The number of hydrogen-bond donors (Lipinski definition) is 0. The fraction of sp³-hybridized carbons (Fsp3) is 0.292. The van der Waals surface area contributed by atoms with Crippen LogP contribution >= 0.6 is 0 Å². The van der Waals surface area contributed by atoms with Crippen LogP contribution in [0.3, 0.4) is 0 Å². The summed E-state index contributed by atoms with van der Waals surface area (Å²) < 4.78 is 15.3. The fourth-order valence-electron chi connectivity index (χ4n) is 3.76. The largest absolute Gasteiger partial charge is 0.462 e. The third kappa shape index (κ3) is 3.97. The molecule has 2 aromatic carbocycles. The van der Waals surface area contributed by atoms with Crippen LogP contribution in [0, 0.1) is 6.92 Å². The molecule has 0 atom stereocenters. The molecular formula is C24H23NO8. The third-order valence-corrected chi connectivity index (χ3v) is 5.04. The molecule has 0 saturated carbocycles. The van der Waals surface area contributed by atoms with Gasteiger partial charge in [0, 0.05) is 0 Å². The summed E-state index contributed by atoms with van der Waals surface area (Å²) in [4.78, 5) is 66.6. The van der Waals surface area contributed by atoms with E-state index >= 15 is 0 Å². The summed E-state index contributed by atoms with van der Waals surface area (Å²) in [6.45, 7) is 5.95. The molecule has 1 aliphatic heterocycles. The monoisotopic (exact) mass is 453 g/mol. The molecule has 0 aliphatic carbocycles. The summed E-state index contributed by atoms with van der Waals surface area (Å²) >= 11 is 0. The van der Waals surface area contributed by atoms with Crippen molar-refractivity contribution in [1.29, 1.82) is 0 Å². The highest BCUT2D eigenvalue weighted by Gasteiger charge is 2.46. The van der Waals surface area contributed by atoms with Crippen molar-refractivity contribution >= 4 is 35.4 Å². The van der Waals surface area contributed by atoms with E-state index in [2.05, 4.69) is 0 Å². The number of esters is 3. The summed E-state index contributed by atoms with van der Waals surface area (Å²) in [5.41, 5.74) is -1.42. The maximum absolute atomic E-state index is 13.5. The number of imide groups is 1. The van der Waals surface area contributed by atoms with E-state index < -0.39 is 40.8 Å². The second kappa shape index (κ2) is 9.64. The van der Waals surface area contributed by atoms with Crippen LogP contribution in [-0.4, -0.2) is 49.5 Å². The van der Waals surface area contributed by atoms with Crippen molar-refractivity contribution in [3.63, 3.8) is 0 Å². The highest BCUT2D eigenvalue weighted by molar-refractivity contribution is 6.38. The molecule has 2 aromatic rings. The molecule has 33 heavy (non-hydrogen) atoms. The molecule has 172 valence electrons. The molecule has 0 unspecified atom stereocenters. The first-order valence-corrected chi connectivity index (χ1v) is 10.5. The van der Waals surface area contributed by atoms with Gasteiger partial charge < -0.3 is 14.2 Å². The van der Waals surface area contributed by atoms with Crippen LogP contribution in [0.25, 0.3) is 0 Å². The summed E-state index contributed by atoms with van der Waals surface area (Å²) in [6, 6.07) is 8.12. The van der Waals surface area contributed by atoms with E-state index in [0.29, 0.717) is 0 Å². The second-order valence-electron chi connectivity index (χ2n) is 6.94. The van der Waals surface area contributed by atoms with E-state index in [1.165, 1.54) is 6.92 Å². The number of benzene rings is 2. The Labute approximate surface area is 190 Å². The van der Waals surface area contributed by atoms with Crippen LogP contribution in [0.1, 0.15) is 78.1 Å². The molecule has 2 amide bonds. The van der Waals surface area contributed by atoms with Crippen molar-refractivity contribution in [2.45, 2.75) is 27.7 Å². The third-order valence-electron chi connectivity index (χ3n) is 5.04. The number of para-hydroxylation sites is 1. The van der Waals surface area contributed by atoms with E-state index in [-0.39, 0.29) is 47.8 Å². The number of carbonyl (C=O) groups is 5. The normalized spacial score (nSPS) is 12.4. The first-order valence-electron chi connectivity index (χ1n) is 10.5. The zero-order valence-electron chi connectivity index (χ0n) is 18.7. The highest BCUT2D eigenvalue weighted by Crippen LogP contribution is 2.38. The molecule has 0 aromatic heterocycles. The number of fused-ring (bicyclic) bond motifs is 1. The van der Waals surface area contributed by atoms with Gasteiger partial charge in [-0.25, -0.2) is 19.3 Å². The number of rotatable bonds is 7. The Balaban J connectivity index is 2.43. The molecule has 0 saturated heterocycles. The predicted octanol–water partition coefficient (Wildman–Crippen LogP) is 3.33. The molecule has 0 fully saturated rings. The van der Waals surface area contributed by atoms with Gasteiger partial charge in [-0.05, 0) is 45.4 Å². The number of hydrogen-bond acceptors (Lipinski definition) is 8. The van der Waals surface area contributed by atoms with Gasteiger partial charge in [-0.2, -0.15) is 0 Å². The molecule has 0 spiro atoms. The van der Waals surface area contributed by atoms with E-state index in [0.717, 1.165) is 4.90 Å². The number of anilines is 1. The van der Waals surface area contributed by atoms with E-state index in [1.54, 1.807) is 51.1 Å². The van der Waals surface area contributed by atoms with Gasteiger partial charge in [-0.3, -0.25) is 9.59 Å². The van der Waals surface area contributed by atoms with Crippen LogP contribution in [0.4, 0.5) is 5.69 Å². The molecular weight excluding hydrogens is 430 g/mol. The van der Waals surface area contributed by atoms with Crippen LogP contribution in [0.5, 0.6) is 0 Å². The lowest BCUT2D eigenvalue weighted by molar-refractivity contribution is 0.0457. The standard InChI is InChI=1S/C24H23NO8/c1-5-31-22(28)16-13(4)15-17(19(24(30)33-7-3)18(16)23(29)32-6-2)21(27)25(20(15)26)14-11-9-8-10-12-14/h8-12H,5-7H2,1-4H3. The van der Waals surface area contributed by atoms with Gasteiger partial charge in [-0.1, -0.05) is 18.2 Å². The molecule has 1 heterocycles. The zero-order chi connectivity index (χ0) is 24.3. The average Bonchev–Trinajstić information content (AvgIpc) is 3.05. The van der Waals surface area contributed by atoms with Gasteiger partial charge in [-0.15, -0.1) is 0 Å². The van der Waals surface area contributed by atoms with Crippen molar-refractivity contribution in [3.8, 4) is 0 Å². The summed E-state index contributed by atoms with van der Waals surface area (Å²) in [7, 11) is 0. The highest BCUT2D eigenvalue weighted by atomic mass is 16.5. The lowest BCUT2D eigenvalue weighted by Gasteiger charge is -2.17. The van der Waals surface area contributed by atoms with E-state index in [9.17, 15) is 24.0 Å². The van der Waals surface area contributed by atoms with Gasteiger partial charge in [0.05, 0.1) is 53.3 Å². The Morgan fingerprint density at radius 2 is 1.15 bits per heavy atom. The first-order chi connectivity index (χ1) is 15.8. The van der Waals surface area contributed by atoms with E-state index in [4.69, 9.17) is 14.2 Å².